The molecule has 0 aliphatic carbocycles. The van der Waals surface area contributed by atoms with Crippen LogP contribution in [0.4, 0.5) is 4.39 Å². The zero-order chi connectivity index (χ0) is 24.2. The van der Waals surface area contributed by atoms with E-state index in [-0.39, 0.29) is 5.82 Å². The van der Waals surface area contributed by atoms with E-state index in [0.29, 0.717) is 27.5 Å². The number of tetrazole rings is 1. The van der Waals surface area contributed by atoms with Gasteiger partial charge < -0.3 is 9.67 Å². The normalized spacial score (nSPS) is 13.4. The summed E-state index contributed by atoms with van der Waals surface area (Å²) >= 11 is 6.30. The van der Waals surface area contributed by atoms with Gasteiger partial charge in [0.15, 0.2) is 11.2 Å². The summed E-state index contributed by atoms with van der Waals surface area (Å²) in [7, 11) is 1.81. The number of fused-ring (bicyclic) bond motifs is 3. The molecule has 7 nitrogen and oxygen atoms in total. The topological polar surface area (TPSA) is 81.1 Å². The lowest BCUT2D eigenvalue weighted by Gasteiger charge is -2.30. The lowest BCUT2D eigenvalue weighted by molar-refractivity contribution is 0.117. The maximum atomic E-state index is 13.8. The summed E-state index contributed by atoms with van der Waals surface area (Å²) < 4.78 is 17.2. The molecule has 172 valence electrons. The van der Waals surface area contributed by atoms with Crippen LogP contribution in [0.1, 0.15) is 16.8 Å². The van der Waals surface area contributed by atoms with E-state index in [1.807, 2.05) is 48.5 Å². The molecule has 9 heteroatoms. The Morgan fingerprint density at radius 3 is 2.51 bits per heavy atom. The minimum Gasteiger partial charge on any atom is -0.374 e. The van der Waals surface area contributed by atoms with Crippen LogP contribution in [0, 0.1) is 5.82 Å². The molecule has 6 aromatic rings. The van der Waals surface area contributed by atoms with Gasteiger partial charge in [-0.05, 0) is 75.1 Å². The van der Waals surface area contributed by atoms with Crippen molar-refractivity contribution in [1.29, 1.82) is 0 Å². The Bertz CT molecular complexity index is 1710. The van der Waals surface area contributed by atoms with Crippen LogP contribution >= 0.6 is 11.6 Å². The highest BCUT2D eigenvalue weighted by molar-refractivity contribution is 6.30. The number of aryl methyl sites for hydroxylation is 1. The second kappa shape index (κ2) is 7.97. The largest absolute Gasteiger partial charge is 0.374 e. The lowest BCUT2D eigenvalue weighted by atomic mass is 9.82. The zero-order valence-corrected chi connectivity index (χ0v) is 19.2. The molecular weight excluding hydrogens is 467 g/mol. The van der Waals surface area contributed by atoms with Crippen molar-refractivity contribution in [3.05, 3.63) is 113 Å². The van der Waals surface area contributed by atoms with Crippen molar-refractivity contribution < 1.29 is 9.50 Å². The number of hydrogen-bond donors (Lipinski definition) is 1. The highest BCUT2D eigenvalue weighted by atomic mass is 35.5. The molecule has 3 heterocycles. The van der Waals surface area contributed by atoms with Gasteiger partial charge in [0.05, 0.1) is 23.7 Å². The molecule has 0 radical (unpaired) electrons. The molecule has 0 saturated carbocycles. The van der Waals surface area contributed by atoms with Gasteiger partial charge in [0.1, 0.15) is 5.82 Å². The molecular formula is C26H18ClFN6O. The predicted octanol–water partition coefficient (Wildman–Crippen LogP) is 4.75. The maximum absolute atomic E-state index is 13.8. The number of aliphatic hydroxyl groups is 1. The van der Waals surface area contributed by atoms with Crippen LogP contribution in [0.15, 0.2) is 85.3 Å². The monoisotopic (exact) mass is 484 g/mol. The third kappa shape index (κ3) is 3.38. The molecule has 0 aliphatic rings. The predicted molar refractivity (Wildman–Crippen MR) is 130 cm³/mol. The number of pyridine rings is 1. The molecule has 1 atom stereocenters. The average Bonchev–Trinajstić information content (AvgIpc) is 3.52. The summed E-state index contributed by atoms with van der Waals surface area (Å²) in [5, 5.41) is 25.8. The first-order valence-electron chi connectivity index (χ1n) is 10.8. The molecule has 35 heavy (non-hydrogen) atoms. The van der Waals surface area contributed by atoms with Gasteiger partial charge in [0.25, 0.3) is 0 Å². The van der Waals surface area contributed by atoms with Crippen molar-refractivity contribution in [2.75, 3.05) is 0 Å². The van der Waals surface area contributed by atoms with E-state index in [0.717, 1.165) is 22.0 Å². The first kappa shape index (κ1) is 21.4. The zero-order valence-electron chi connectivity index (χ0n) is 18.5. The smallest absolute Gasteiger partial charge is 0.180 e. The van der Waals surface area contributed by atoms with Crippen molar-refractivity contribution in [2.24, 2.45) is 7.05 Å². The van der Waals surface area contributed by atoms with E-state index >= 15 is 0 Å². The summed E-state index contributed by atoms with van der Waals surface area (Å²) in [6.07, 6.45) is 3.23. The molecule has 6 rings (SSSR count). The lowest BCUT2D eigenvalue weighted by Crippen LogP contribution is -2.31. The van der Waals surface area contributed by atoms with Gasteiger partial charge in [-0.15, -0.1) is 5.10 Å². The molecule has 3 aromatic heterocycles. The number of hydrogen-bond acceptors (Lipinski definition) is 5. The van der Waals surface area contributed by atoms with Crippen LogP contribution in [0.2, 0.25) is 5.02 Å². The van der Waals surface area contributed by atoms with Crippen LogP contribution in [0.25, 0.3) is 27.7 Å². The van der Waals surface area contributed by atoms with E-state index in [1.165, 1.54) is 12.1 Å². The van der Waals surface area contributed by atoms with E-state index < -0.39 is 5.60 Å². The summed E-state index contributed by atoms with van der Waals surface area (Å²) in [5.41, 5.74) is 3.11. The number of aromatic nitrogens is 6. The van der Waals surface area contributed by atoms with E-state index in [9.17, 15) is 9.50 Å². The standard InChI is InChI=1S/C26H18ClFN6O/c1-33-15-29-14-24(33)26(35,17-5-8-20(28)9-6-17)18-7-10-23-22(12-18)21(13-25-30-31-32-34(23)25)16-3-2-4-19(27)11-16/h2-15,35H,1H3. The molecule has 0 saturated heterocycles. The number of rotatable bonds is 4. The number of imidazole rings is 1. The summed E-state index contributed by atoms with van der Waals surface area (Å²) in [6.45, 7) is 0. The molecule has 1 N–H and O–H groups in total. The van der Waals surface area contributed by atoms with Crippen LogP contribution in [-0.2, 0) is 12.6 Å². The molecule has 1 unspecified atom stereocenters. The first-order chi connectivity index (χ1) is 16.9. The molecule has 0 aliphatic heterocycles. The van der Waals surface area contributed by atoms with Gasteiger partial charge in [-0.3, -0.25) is 0 Å². The van der Waals surface area contributed by atoms with Crippen molar-refractivity contribution in [3.63, 3.8) is 0 Å². The third-order valence-corrected chi connectivity index (χ3v) is 6.52. The maximum Gasteiger partial charge on any atom is 0.180 e. The number of nitrogens with zero attached hydrogens (tertiary/aromatic N) is 6. The minimum absolute atomic E-state index is 0.385. The highest BCUT2D eigenvalue weighted by Gasteiger charge is 2.37. The van der Waals surface area contributed by atoms with E-state index in [1.54, 1.807) is 40.8 Å². The fraction of sp³-hybridized carbons (Fsp3) is 0.0769. The summed E-state index contributed by atoms with van der Waals surface area (Å²) in [6, 6.07) is 20.8. The Balaban J connectivity index is 1.68. The summed E-state index contributed by atoms with van der Waals surface area (Å²) in [4.78, 5) is 4.21. The van der Waals surface area contributed by atoms with Crippen LogP contribution in [0.3, 0.4) is 0 Å². The second-order valence-electron chi connectivity index (χ2n) is 8.36. The quantitative estimate of drug-likeness (QED) is 0.390. The highest BCUT2D eigenvalue weighted by Crippen LogP contribution is 2.40. The number of halogens is 2. The fourth-order valence-electron chi connectivity index (χ4n) is 4.58. The molecule has 3 aromatic carbocycles. The molecule has 0 bridgehead atoms. The van der Waals surface area contributed by atoms with Gasteiger partial charge in [-0.25, -0.2) is 9.37 Å². The number of benzene rings is 3. The Morgan fingerprint density at radius 1 is 0.971 bits per heavy atom. The van der Waals surface area contributed by atoms with Crippen molar-refractivity contribution in [3.8, 4) is 11.1 Å². The fourth-order valence-corrected chi connectivity index (χ4v) is 4.77. The Hall–Kier alpha value is -4.14. The van der Waals surface area contributed by atoms with Crippen LogP contribution in [-0.4, -0.2) is 34.7 Å². The minimum atomic E-state index is -1.60. The molecule has 0 fully saturated rings. The van der Waals surface area contributed by atoms with E-state index in [4.69, 9.17) is 11.6 Å². The van der Waals surface area contributed by atoms with Gasteiger partial charge in [0, 0.05) is 17.5 Å². The van der Waals surface area contributed by atoms with E-state index in [2.05, 4.69) is 20.5 Å². The SMILES string of the molecule is Cn1cncc1C(O)(c1ccc(F)cc1)c1ccc2c(c1)c(-c1cccc(Cl)c1)cc1nnnn12. The molecule has 0 spiro atoms. The second-order valence-corrected chi connectivity index (χ2v) is 8.79. The van der Waals surface area contributed by atoms with Crippen molar-refractivity contribution in [1.82, 2.24) is 29.6 Å². The Morgan fingerprint density at radius 2 is 1.77 bits per heavy atom. The van der Waals surface area contributed by atoms with Gasteiger partial charge in [-0.2, -0.15) is 4.52 Å². The van der Waals surface area contributed by atoms with Crippen LogP contribution < -0.4 is 0 Å². The first-order valence-corrected chi connectivity index (χ1v) is 11.2. The summed E-state index contributed by atoms with van der Waals surface area (Å²) in [5.74, 6) is -0.385. The van der Waals surface area contributed by atoms with Crippen LogP contribution in [0.5, 0.6) is 0 Å². The Labute approximate surface area is 204 Å². The average molecular weight is 485 g/mol. The van der Waals surface area contributed by atoms with Crippen molar-refractivity contribution in [2.45, 2.75) is 5.60 Å². The Kier molecular flexibility index (Phi) is 4.87. The van der Waals surface area contributed by atoms with Gasteiger partial charge >= 0.3 is 0 Å². The third-order valence-electron chi connectivity index (χ3n) is 6.28. The van der Waals surface area contributed by atoms with Crippen molar-refractivity contribution >= 4 is 28.2 Å². The van der Waals surface area contributed by atoms with Gasteiger partial charge in [0.2, 0.25) is 0 Å². The van der Waals surface area contributed by atoms with Gasteiger partial charge in [-0.1, -0.05) is 41.9 Å². The molecule has 0 amide bonds.